The molecule has 0 aliphatic rings. The third-order valence-electron chi connectivity index (χ3n) is 5.26. The molecule has 10 heteroatoms. The second-order valence-electron chi connectivity index (χ2n) is 9.77. The number of ether oxygens (including phenoxy) is 2. The largest absolute Gasteiger partial charge is 0.466 e. The molecule has 0 aliphatic heterocycles. The lowest BCUT2D eigenvalue weighted by Gasteiger charge is -2.38. The van der Waals surface area contributed by atoms with E-state index >= 15 is 0 Å². The Morgan fingerprint density at radius 3 is 2.14 bits per heavy atom. The zero-order valence-electron chi connectivity index (χ0n) is 22.6. The van der Waals surface area contributed by atoms with Crippen LogP contribution in [-0.2, 0) is 23.9 Å². The average Bonchev–Trinajstić information content (AvgIpc) is 2.74. The minimum atomic E-state index is -1.33. The fraction of sp³-hybridized carbons (Fsp3) is 0.615. The van der Waals surface area contributed by atoms with Gasteiger partial charge in [0.15, 0.2) is 0 Å². The van der Waals surface area contributed by atoms with Crippen LogP contribution in [0.15, 0.2) is 18.2 Å². The summed E-state index contributed by atoms with van der Waals surface area (Å²) in [6.07, 6.45) is -0.880. The van der Waals surface area contributed by atoms with Gasteiger partial charge in [0.05, 0.1) is 19.6 Å². The van der Waals surface area contributed by atoms with E-state index in [1.54, 1.807) is 41.5 Å². The van der Waals surface area contributed by atoms with Crippen molar-refractivity contribution in [3.63, 3.8) is 0 Å². The third kappa shape index (κ3) is 9.14. The summed E-state index contributed by atoms with van der Waals surface area (Å²) >= 11 is 0. The SMILES string of the molecule is CCOC(=O)CCNC(=O)C(c1c(C)cccc1C)N(C(=O)C(CO)NC(=O)OC(C)(C)C)C(C)C. The second kappa shape index (κ2) is 13.8. The number of nitrogens with one attached hydrogen (secondary N) is 2. The van der Waals surface area contributed by atoms with E-state index in [1.165, 1.54) is 4.90 Å². The molecule has 0 saturated carbocycles. The van der Waals surface area contributed by atoms with Crippen LogP contribution in [0.2, 0.25) is 0 Å². The smallest absolute Gasteiger partial charge is 0.408 e. The molecule has 36 heavy (non-hydrogen) atoms. The Bertz CT molecular complexity index is 904. The highest BCUT2D eigenvalue weighted by Gasteiger charge is 2.38. The average molecular weight is 508 g/mol. The predicted molar refractivity (Wildman–Crippen MR) is 135 cm³/mol. The molecule has 3 amide bonds. The third-order valence-corrected chi connectivity index (χ3v) is 5.26. The molecule has 0 heterocycles. The van der Waals surface area contributed by atoms with Gasteiger partial charge in [-0.25, -0.2) is 4.79 Å². The summed E-state index contributed by atoms with van der Waals surface area (Å²) in [6, 6.07) is 2.65. The molecular formula is C26H41N3O7. The summed E-state index contributed by atoms with van der Waals surface area (Å²) in [7, 11) is 0. The first kappa shape index (κ1) is 30.9. The van der Waals surface area contributed by atoms with E-state index < -0.39 is 54.2 Å². The van der Waals surface area contributed by atoms with Crippen LogP contribution in [0, 0.1) is 13.8 Å². The van der Waals surface area contributed by atoms with Crippen molar-refractivity contribution in [3.05, 3.63) is 34.9 Å². The van der Waals surface area contributed by atoms with Crippen molar-refractivity contribution in [1.29, 1.82) is 0 Å². The van der Waals surface area contributed by atoms with Crippen LogP contribution in [0.25, 0.3) is 0 Å². The van der Waals surface area contributed by atoms with Gasteiger partial charge in [-0.2, -0.15) is 0 Å². The van der Waals surface area contributed by atoms with Crippen LogP contribution >= 0.6 is 0 Å². The van der Waals surface area contributed by atoms with Crippen molar-refractivity contribution in [2.45, 2.75) is 85.5 Å². The predicted octanol–water partition coefficient (Wildman–Crippen LogP) is 2.54. The lowest BCUT2D eigenvalue weighted by atomic mass is 9.93. The lowest BCUT2D eigenvalue weighted by molar-refractivity contribution is -0.146. The molecule has 1 aromatic carbocycles. The number of aliphatic hydroxyl groups is 1. The van der Waals surface area contributed by atoms with Gasteiger partial charge in [-0.1, -0.05) is 18.2 Å². The Kier molecular flexibility index (Phi) is 11.9. The summed E-state index contributed by atoms with van der Waals surface area (Å²) < 4.78 is 10.1. The van der Waals surface area contributed by atoms with Crippen molar-refractivity contribution in [1.82, 2.24) is 15.5 Å². The van der Waals surface area contributed by atoms with Crippen LogP contribution in [-0.4, -0.2) is 71.3 Å². The molecule has 0 saturated heterocycles. The monoisotopic (exact) mass is 507 g/mol. The summed E-state index contributed by atoms with van der Waals surface area (Å²) in [5, 5.41) is 15.1. The zero-order valence-corrected chi connectivity index (χ0v) is 22.6. The van der Waals surface area contributed by atoms with Crippen LogP contribution in [0.5, 0.6) is 0 Å². The summed E-state index contributed by atoms with van der Waals surface area (Å²) in [4.78, 5) is 52.6. The molecule has 0 spiro atoms. The first-order valence-corrected chi connectivity index (χ1v) is 12.1. The molecule has 10 nitrogen and oxygen atoms in total. The molecule has 0 aromatic heterocycles. The summed E-state index contributed by atoms with van der Waals surface area (Å²) in [6.45, 7) is 13.5. The van der Waals surface area contributed by atoms with Crippen molar-refractivity contribution in [2.24, 2.45) is 0 Å². The van der Waals surface area contributed by atoms with Crippen molar-refractivity contribution in [2.75, 3.05) is 19.8 Å². The van der Waals surface area contributed by atoms with Crippen LogP contribution in [0.4, 0.5) is 4.79 Å². The zero-order chi connectivity index (χ0) is 27.6. The van der Waals surface area contributed by atoms with Gasteiger partial charge in [0.1, 0.15) is 17.7 Å². The number of esters is 1. The molecule has 202 valence electrons. The van der Waals surface area contributed by atoms with Gasteiger partial charge in [-0.05, 0) is 72.1 Å². The van der Waals surface area contributed by atoms with Crippen molar-refractivity contribution >= 4 is 23.9 Å². The fourth-order valence-corrected chi connectivity index (χ4v) is 3.77. The first-order valence-electron chi connectivity index (χ1n) is 12.1. The highest BCUT2D eigenvalue weighted by atomic mass is 16.6. The van der Waals surface area contributed by atoms with Gasteiger partial charge in [0.25, 0.3) is 0 Å². The maximum absolute atomic E-state index is 13.7. The van der Waals surface area contributed by atoms with E-state index in [0.29, 0.717) is 5.56 Å². The number of aliphatic hydroxyl groups excluding tert-OH is 1. The normalized spacial score (nSPS) is 12.9. The molecule has 3 N–H and O–H groups in total. The molecule has 0 radical (unpaired) electrons. The molecule has 0 aliphatic carbocycles. The number of benzene rings is 1. The van der Waals surface area contributed by atoms with Crippen LogP contribution < -0.4 is 10.6 Å². The Labute approximate surface area is 213 Å². The topological polar surface area (TPSA) is 134 Å². The van der Waals surface area contributed by atoms with Crippen LogP contribution in [0.1, 0.15) is 70.7 Å². The van der Waals surface area contributed by atoms with Gasteiger partial charge in [-0.3, -0.25) is 14.4 Å². The molecule has 1 rings (SSSR count). The molecular weight excluding hydrogens is 466 g/mol. The number of hydrogen-bond acceptors (Lipinski definition) is 7. The highest BCUT2D eigenvalue weighted by molar-refractivity contribution is 5.93. The maximum atomic E-state index is 13.7. The van der Waals surface area contributed by atoms with Crippen LogP contribution in [0.3, 0.4) is 0 Å². The Balaban J connectivity index is 3.38. The number of hydrogen-bond donors (Lipinski definition) is 3. The Morgan fingerprint density at radius 1 is 1.08 bits per heavy atom. The Morgan fingerprint density at radius 2 is 1.67 bits per heavy atom. The van der Waals surface area contributed by atoms with E-state index in [2.05, 4.69) is 10.6 Å². The molecule has 2 unspecified atom stereocenters. The number of rotatable bonds is 11. The fourth-order valence-electron chi connectivity index (χ4n) is 3.77. The van der Waals surface area contributed by atoms with Crippen molar-refractivity contribution < 1.29 is 33.8 Å². The summed E-state index contributed by atoms with van der Waals surface area (Å²) in [5.41, 5.74) is 1.41. The van der Waals surface area contributed by atoms with E-state index in [-0.39, 0.29) is 19.6 Å². The second-order valence-corrected chi connectivity index (χ2v) is 9.77. The number of carbonyl (C=O) groups excluding carboxylic acids is 4. The van der Waals surface area contributed by atoms with Gasteiger partial charge in [0.2, 0.25) is 11.8 Å². The van der Waals surface area contributed by atoms with E-state index in [4.69, 9.17) is 9.47 Å². The first-order chi connectivity index (χ1) is 16.7. The molecule has 1 aromatic rings. The number of aryl methyl sites for hydroxylation is 2. The van der Waals surface area contributed by atoms with E-state index in [0.717, 1.165) is 11.1 Å². The minimum Gasteiger partial charge on any atom is -0.466 e. The van der Waals surface area contributed by atoms with E-state index in [9.17, 15) is 24.3 Å². The maximum Gasteiger partial charge on any atom is 0.408 e. The number of nitrogens with zero attached hydrogens (tertiary/aromatic N) is 1. The quantitative estimate of drug-likeness (QED) is 0.392. The van der Waals surface area contributed by atoms with Gasteiger partial charge in [-0.15, -0.1) is 0 Å². The summed E-state index contributed by atoms with van der Waals surface area (Å²) in [5.74, 6) is -1.58. The molecule has 2 atom stereocenters. The standard InChI is InChI=1S/C26H41N3O7/c1-9-35-20(31)13-14-27-23(32)22(21-17(4)11-10-12-18(21)5)29(16(2)3)24(33)19(15-30)28-25(34)36-26(6,7)8/h10-12,16,19,22,30H,9,13-15H2,1-8H3,(H,27,32)(H,28,34). The lowest BCUT2D eigenvalue weighted by Crippen LogP contribution is -2.56. The van der Waals surface area contributed by atoms with Gasteiger partial charge >= 0.3 is 12.1 Å². The molecule has 0 fully saturated rings. The highest BCUT2D eigenvalue weighted by Crippen LogP contribution is 2.30. The molecule has 0 bridgehead atoms. The number of alkyl carbamates (subject to hydrolysis) is 1. The van der Waals surface area contributed by atoms with Crippen molar-refractivity contribution in [3.8, 4) is 0 Å². The minimum absolute atomic E-state index is 0.0197. The van der Waals surface area contributed by atoms with Gasteiger partial charge < -0.3 is 30.1 Å². The number of carbonyl (C=O) groups is 4. The Hall–Kier alpha value is -3.14. The van der Waals surface area contributed by atoms with E-state index in [1.807, 2.05) is 32.0 Å². The number of amides is 3. The van der Waals surface area contributed by atoms with Gasteiger partial charge in [0, 0.05) is 12.6 Å².